The standard InChI is InChI=1S/C17H14BrF2NO4S/c1-25-17(22)13-9-12(4-5-14(13)18)26(23,24)21-6-2-3-10-7-11(19)8-15(20)16(10)21/h4-5,7-9H,2-3,6H2,1H3. The van der Waals surface area contributed by atoms with E-state index in [4.69, 9.17) is 0 Å². The van der Waals surface area contributed by atoms with Crippen molar-refractivity contribution in [2.45, 2.75) is 17.7 Å². The van der Waals surface area contributed by atoms with Crippen molar-refractivity contribution in [3.05, 3.63) is 57.6 Å². The van der Waals surface area contributed by atoms with Crippen molar-refractivity contribution in [3.63, 3.8) is 0 Å². The monoisotopic (exact) mass is 445 g/mol. The molecule has 2 aromatic carbocycles. The van der Waals surface area contributed by atoms with Gasteiger partial charge in [0.15, 0.2) is 5.82 Å². The van der Waals surface area contributed by atoms with E-state index in [-0.39, 0.29) is 22.7 Å². The number of carbonyl (C=O) groups is 1. The first-order chi connectivity index (χ1) is 12.3. The lowest BCUT2D eigenvalue weighted by Crippen LogP contribution is -2.36. The van der Waals surface area contributed by atoms with Crippen molar-refractivity contribution in [2.75, 3.05) is 18.0 Å². The Kier molecular flexibility index (Phi) is 5.03. The minimum absolute atomic E-state index is 0.0328. The van der Waals surface area contributed by atoms with E-state index < -0.39 is 27.6 Å². The van der Waals surface area contributed by atoms with Crippen LogP contribution in [0.25, 0.3) is 0 Å². The zero-order valence-corrected chi connectivity index (χ0v) is 16.0. The topological polar surface area (TPSA) is 63.7 Å². The summed E-state index contributed by atoms with van der Waals surface area (Å²) in [4.78, 5) is 11.6. The smallest absolute Gasteiger partial charge is 0.339 e. The molecule has 0 unspecified atom stereocenters. The van der Waals surface area contributed by atoms with E-state index in [2.05, 4.69) is 20.7 Å². The number of halogens is 3. The second-order valence-electron chi connectivity index (χ2n) is 5.71. The highest BCUT2D eigenvalue weighted by Gasteiger charge is 2.32. The molecule has 9 heteroatoms. The van der Waals surface area contributed by atoms with Crippen LogP contribution in [0.15, 0.2) is 39.7 Å². The Morgan fingerprint density at radius 2 is 1.96 bits per heavy atom. The summed E-state index contributed by atoms with van der Waals surface area (Å²) in [5.41, 5.74) is 0.174. The molecule has 0 amide bonds. The highest BCUT2D eigenvalue weighted by atomic mass is 79.9. The minimum Gasteiger partial charge on any atom is -0.465 e. The first-order valence-corrected chi connectivity index (χ1v) is 9.87. The largest absolute Gasteiger partial charge is 0.465 e. The van der Waals surface area contributed by atoms with Crippen LogP contribution in [0.5, 0.6) is 0 Å². The fraction of sp³-hybridized carbons (Fsp3) is 0.235. The number of benzene rings is 2. The molecule has 1 heterocycles. The Morgan fingerprint density at radius 3 is 2.65 bits per heavy atom. The van der Waals surface area contributed by atoms with Crippen LogP contribution < -0.4 is 4.31 Å². The average Bonchev–Trinajstić information content (AvgIpc) is 2.60. The Hall–Kier alpha value is -2.00. The average molecular weight is 446 g/mol. The molecule has 138 valence electrons. The summed E-state index contributed by atoms with van der Waals surface area (Å²) in [6, 6.07) is 5.68. The third-order valence-corrected chi connectivity index (χ3v) is 6.58. The van der Waals surface area contributed by atoms with Crippen molar-refractivity contribution < 1.29 is 26.7 Å². The van der Waals surface area contributed by atoms with Gasteiger partial charge in [0.25, 0.3) is 10.0 Å². The zero-order chi connectivity index (χ0) is 19.1. The number of carbonyl (C=O) groups excluding carboxylic acids is 1. The van der Waals surface area contributed by atoms with Gasteiger partial charge in [0.1, 0.15) is 5.82 Å². The van der Waals surface area contributed by atoms with E-state index >= 15 is 0 Å². The third kappa shape index (κ3) is 3.21. The van der Waals surface area contributed by atoms with Crippen LogP contribution in [0, 0.1) is 11.6 Å². The summed E-state index contributed by atoms with van der Waals surface area (Å²) in [6.07, 6.45) is 0.805. The molecule has 0 spiro atoms. The number of fused-ring (bicyclic) bond motifs is 1. The molecule has 0 N–H and O–H groups in total. The summed E-state index contributed by atoms with van der Waals surface area (Å²) in [7, 11) is -2.97. The molecular formula is C17H14BrF2NO4S. The van der Waals surface area contributed by atoms with E-state index in [9.17, 15) is 22.0 Å². The highest BCUT2D eigenvalue weighted by molar-refractivity contribution is 9.10. The molecule has 0 saturated heterocycles. The molecule has 1 aliphatic rings. The number of aryl methyl sites for hydroxylation is 1. The van der Waals surface area contributed by atoms with Crippen molar-refractivity contribution in [1.29, 1.82) is 0 Å². The van der Waals surface area contributed by atoms with Crippen LogP contribution in [0.1, 0.15) is 22.3 Å². The quantitative estimate of drug-likeness (QED) is 0.676. The van der Waals surface area contributed by atoms with Crippen molar-refractivity contribution in [3.8, 4) is 0 Å². The fourth-order valence-electron chi connectivity index (χ4n) is 2.91. The van der Waals surface area contributed by atoms with Crippen molar-refractivity contribution >= 4 is 37.6 Å². The molecule has 0 aromatic heterocycles. The number of hydrogen-bond donors (Lipinski definition) is 0. The molecule has 26 heavy (non-hydrogen) atoms. The Bertz CT molecular complexity index is 994. The van der Waals surface area contributed by atoms with Gasteiger partial charge < -0.3 is 4.74 Å². The van der Waals surface area contributed by atoms with Crippen LogP contribution in [0.4, 0.5) is 14.5 Å². The molecule has 0 radical (unpaired) electrons. The minimum atomic E-state index is -4.15. The van der Waals surface area contributed by atoms with Crippen LogP contribution in [0.2, 0.25) is 0 Å². The van der Waals surface area contributed by atoms with Crippen molar-refractivity contribution in [1.82, 2.24) is 0 Å². The normalized spacial score (nSPS) is 14.1. The van der Waals surface area contributed by atoms with E-state index in [1.54, 1.807) is 0 Å². The molecular weight excluding hydrogens is 432 g/mol. The Balaban J connectivity index is 2.13. The Labute approximate surface area is 157 Å². The van der Waals surface area contributed by atoms with E-state index in [1.807, 2.05) is 0 Å². The predicted molar refractivity (Wildman–Crippen MR) is 94.7 cm³/mol. The molecule has 0 atom stereocenters. The number of esters is 1. The predicted octanol–water partition coefficient (Wildman–Crippen LogP) is 3.66. The lowest BCUT2D eigenvalue weighted by Gasteiger charge is -2.31. The van der Waals surface area contributed by atoms with E-state index in [0.717, 1.165) is 10.4 Å². The van der Waals surface area contributed by atoms with Crippen molar-refractivity contribution in [2.24, 2.45) is 0 Å². The molecule has 0 fully saturated rings. The summed E-state index contributed by atoms with van der Waals surface area (Å²) >= 11 is 3.17. The number of anilines is 1. The van der Waals surface area contributed by atoms with Gasteiger partial charge >= 0.3 is 5.97 Å². The van der Waals surface area contributed by atoms with Crippen LogP contribution in [-0.4, -0.2) is 28.0 Å². The number of hydrogen-bond acceptors (Lipinski definition) is 4. The number of rotatable bonds is 3. The Morgan fingerprint density at radius 1 is 1.23 bits per heavy atom. The summed E-state index contributed by atoms with van der Waals surface area (Å²) in [6.45, 7) is 0.0571. The first kappa shape index (κ1) is 18.8. The molecule has 1 aliphatic heterocycles. The summed E-state index contributed by atoms with van der Waals surface area (Å²) in [5.74, 6) is -2.40. The lowest BCUT2D eigenvalue weighted by molar-refractivity contribution is 0.0599. The van der Waals surface area contributed by atoms with Gasteiger partial charge in [0.05, 0.1) is 23.3 Å². The molecule has 3 rings (SSSR count). The molecule has 2 aromatic rings. The van der Waals surface area contributed by atoms with Crippen LogP contribution in [0.3, 0.4) is 0 Å². The number of methoxy groups -OCH3 is 1. The van der Waals surface area contributed by atoms with E-state index in [0.29, 0.717) is 28.9 Å². The van der Waals surface area contributed by atoms with Gasteiger partial charge in [-0.3, -0.25) is 4.31 Å². The van der Waals surface area contributed by atoms with Gasteiger partial charge in [-0.05, 0) is 58.6 Å². The molecule has 0 aliphatic carbocycles. The zero-order valence-electron chi connectivity index (χ0n) is 13.6. The van der Waals surface area contributed by atoms with Gasteiger partial charge in [-0.2, -0.15) is 0 Å². The molecule has 0 bridgehead atoms. The number of ether oxygens (including phenoxy) is 1. The molecule has 5 nitrogen and oxygen atoms in total. The SMILES string of the molecule is COC(=O)c1cc(S(=O)(=O)N2CCCc3cc(F)cc(F)c32)ccc1Br. The maximum Gasteiger partial charge on any atom is 0.339 e. The second kappa shape index (κ2) is 6.96. The van der Waals surface area contributed by atoms with Gasteiger partial charge in [-0.25, -0.2) is 22.0 Å². The highest BCUT2D eigenvalue weighted by Crippen LogP contribution is 2.35. The van der Waals surface area contributed by atoms with Gasteiger partial charge in [0.2, 0.25) is 0 Å². The lowest BCUT2D eigenvalue weighted by atomic mass is 10.0. The summed E-state index contributed by atoms with van der Waals surface area (Å²) in [5, 5.41) is 0. The number of sulfonamides is 1. The van der Waals surface area contributed by atoms with Gasteiger partial charge in [-0.1, -0.05) is 0 Å². The van der Waals surface area contributed by atoms with Gasteiger partial charge in [0, 0.05) is 17.1 Å². The maximum atomic E-state index is 14.3. The van der Waals surface area contributed by atoms with Crippen LogP contribution >= 0.6 is 15.9 Å². The summed E-state index contributed by atoms with van der Waals surface area (Å²) < 4.78 is 59.8. The fourth-order valence-corrected chi connectivity index (χ4v) is 4.90. The molecule has 0 saturated carbocycles. The van der Waals surface area contributed by atoms with E-state index in [1.165, 1.54) is 25.3 Å². The number of nitrogens with zero attached hydrogens (tertiary/aromatic N) is 1. The second-order valence-corrected chi connectivity index (χ2v) is 8.43. The first-order valence-electron chi connectivity index (χ1n) is 7.64. The maximum absolute atomic E-state index is 14.3. The van der Waals surface area contributed by atoms with Crippen LogP contribution in [-0.2, 0) is 21.2 Å². The third-order valence-electron chi connectivity index (χ3n) is 4.09. The van der Waals surface area contributed by atoms with Gasteiger partial charge in [-0.15, -0.1) is 0 Å².